The van der Waals surface area contributed by atoms with Crippen LogP contribution in [0.1, 0.15) is 21.7 Å². The predicted octanol–water partition coefficient (Wildman–Crippen LogP) is 3.20. The summed E-state index contributed by atoms with van der Waals surface area (Å²) in [5, 5.41) is 2.88. The molecule has 0 aliphatic rings. The molecule has 1 aromatic carbocycles. The maximum absolute atomic E-state index is 12.3. The number of fused-ring (bicyclic) bond motifs is 1. The lowest BCUT2D eigenvalue weighted by Crippen LogP contribution is -2.12. The third-order valence-electron chi connectivity index (χ3n) is 3.22. The van der Waals surface area contributed by atoms with Crippen LogP contribution in [-0.4, -0.2) is 15.3 Å². The molecular formula is C16H15N3O. The topological polar surface area (TPSA) is 46.4 Å². The van der Waals surface area contributed by atoms with E-state index in [4.69, 9.17) is 0 Å². The zero-order chi connectivity index (χ0) is 14.1. The molecule has 0 bridgehead atoms. The van der Waals surface area contributed by atoms with Crippen LogP contribution in [-0.2, 0) is 0 Å². The molecule has 0 aliphatic carbocycles. The Morgan fingerprint density at radius 1 is 1.15 bits per heavy atom. The Bertz CT molecular complexity index is 775. The average Bonchev–Trinajstić information content (AvgIpc) is 2.84. The first kappa shape index (κ1) is 12.4. The number of nitrogens with one attached hydrogen (secondary N) is 1. The van der Waals surface area contributed by atoms with Gasteiger partial charge in [-0.05, 0) is 38.1 Å². The lowest BCUT2D eigenvalue weighted by atomic mass is 10.2. The van der Waals surface area contributed by atoms with E-state index in [1.807, 2.05) is 60.8 Å². The number of benzene rings is 1. The van der Waals surface area contributed by atoms with Gasteiger partial charge in [-0.1, -0.05) is 18.2 Å². The fourth-order valence-electron chi connectivity index (χ4n) is 2.29. The van der Waals surface area contributed by atoms with E-state index in [0.717, 1.165) is 17.1 Å². The minimum atomic E-state index is -0.142. The highest BCUT2D eigenvalue weighted by Crippen LogP contribution is 2.16. The van der Waals surface area contributed by atoms with Gasteiger partial charge in [-0.2, -0.15) is 0 Å². The maximum Gasteiger partial charge on any atom is 0.259 e. The highest BCUT2D eigenvalue weighted by molar-refractivity contribution is 6.08. The summed E-state index contributed by atoms with van der Waals surface area (Å²) in [4.78, 5) is 16.8. The molecule has 0 atom stereocenters. The van der Waals surface area contributed by atoms with Crippen molar-refractivity contribution in [3.63, 3.8) is 0 Å². The molecule has 0 saturated carbocycles. The number of amides is 1. The normalized spacial score (nSPS) is 10.7. The molecule has 4 nitrogen and oxygen atoms in total. The van der Waals surface area contributed by atoms with Crippen molar-refractivity contribution in [2.75, 3.05) is 5.32 Å². The molecule has 0 saturated heterocycles. The molecule has 0 spiro atoms. The lowest BCUT2D eigenvalue weighted by molar-refractivity contribution is 0.102. The van der Waals surface area contributed by atoms with E-state index in [0.29, 0.717) is 11.2 Å². The molecule has 100 valence electrons. The third-order valence-corrected chi connectivity index (χ3v) is 3.22. The fourth-order valence-corrected chi connectivity index (χ4v) is 2.29. The Morgan fingerprint density at radius 3 is 2.65 bits per heavy atom. The minimum absolute atomic E-state index is 0.142. The Morgan fingerprint density at radius 2 is 1.90 bits per heavy atom. The number of carbonyl (C=O) groups is 1. The molecule has 4 heteroatoms. The summed E-state index contributed by atoms with van der Waals surface area (Å²) in [6.07, 6.45) is 1.87. The van der Waals surface area contributed by atoms with Crippen LogP contribution < -0.4 is 5.32 Å². The summed E-state index contributed by atoms with van der Waals surface area (Å²) < 4.78 is 1.92. The molecule has 0 aliphatic heterocycles. The van der Waals surface area contributed by atoms with Gasteiger partial charge in [0.25, 0.3) is 5.91 Å². The first-order valence-corrected chi connectivity index (χ1v) is 6.47. The van der Waals surface area contributed by atoms with Crippen molar-refractivity contribution in [3.05, 3.63) is 65.6 Å². The number of carbonyl (C=O) groups excluding carboxylic acids is 1. The maximum atomic E-state index is 12.3. The summed E-state index contributed by atoms with van der Waals surface area (Å²) in [6, 6.07) is 13.2. The third kappa shape index (κ3) is 2.16. The van der Waals surface area contributed by atoms with Gasteiger partial charge in [0, 0.05) is 23.3 Å². The Balaban J connectivity index is 2.00. The molecule has 0 fully saturated rings. The van der Waals surface area contributed by atoms with E-state index in [9.17, 15) is 4.79 Å². The van der Waals surface area contributed by atoms with Crippen LogP contribution >= 0.6 is 0 Å². The molecule has 3 rings (SSSR count). The summed E-state index contributed by atoms with van der Waals surface area (Å²) in [5.41, 5.74) is 4.02. The zero-order valence-electron chi connectivity index (χ0n) is 11.4. The fraction of sp³-hybridized carbons (Fsp3) is 0.125. The molecular weight excluding hydrogens is 250 g/mol. The Hall–Kier alpha value is -2.62. The van der Waals surface area contributed by atoms with E-state index >= 15 is 0 Å². The first-order valence-electron chi connectivity index (χ1n) is 6.47. The van der Waals surface area contributed by atoms with Crippen LogP contribution in [0.2, 0.25) is 0 Å². The summed E-state index contributed by atoms with van der Waals surface area (Å²) in [7, 11) is 0. The van der Waals surface area contributed by atoms with Crippen LogP contribution in [0.25, 0.3) is 5.65 Å². The van der Waals surface area contributed by atoms with E-state index in [1.54, 1.807) is 6.07 Å². The SMILES string of the molecule is Cc1cc(C)n2ccc(C(=O)Nc3ccccc3)c2n1. The van der Waals surface area contributed by atoms with E-state index in [1.165, 1.54) is 0 Å². The van der Waals surface area contributed by atoms with Gasteiger partial charge in [0.05, 0.1) is 5.56 Å². The summed E-state index contributed by atoms with van der Waals surface area (Å²) >= 11 is 0. The average molecular weight is 265 g/mol. The molecule has 1 N–H and O–H groups in total. The van der Waals surface area contributed by atoms with Crippen LogP contribution in [0.5, 0.6) is 0 Å². The second-order valence-corrected chi connectivity index (χ2v) is 4.78. The number of para-hydroxylation sites is 1. The number of rotatable bonds is 2. The van der Waals surface area contributed by atoms with Gasteiger partial charge < -0.3 is 9.72 Å². The van der Waals surface area contributed by atoms with Crippen LogP contribution in [0.15, 0.2) is 48.7 Å². The van der Waals surface area contributed by atoms with Crippen molar-refractivity contribution < 1.29 is 4.79 Å². The monoisotopic (exact) mass is 265 g/mol. The van der Waals surface area contributed by atoms with E-state index < -0.39 is 0 Å². The Labute approximate surface area is 117 Å². The highest BCUT2D eigenvalue weighted by atomic mass is 16.1. The molecule has 1 amide bonds. The number of nitrogens with zero attached hydrogens (tertiary/aromatic N) is 2. The van der Waals surface area contributed by atoms with Crippen molar-refractivity contribution in [2.24, 2.45) is 0 Å². The van der Waals surface area contributed by atoms with Crippen LogP contribution in [0, 0.1) is 13.8 Å². The van der Waals surface area contributed by atoms with Gasteiger partial charge in [0.2, 0.25) is 0 Å². The number of hydrogen-bond donors (Lipinski definition) is 1. The minimum Gasteiger partial charge on any atom is -0.322 e. The quantitative estimate of drug-likeness (QED) is 0.773. The number of aromatic nitrogens is 2. The molecule has 2 heterocycles. The number of aryl methyl sites for hydroxylation is 2. The first-order chi connectivity index (χ1) is 9.65. The lowest BCUT2D eigenvalue weighted by Gasteiger charge is -2.05. The van der Waals surface area contributed by atoms with Crippen molar-refractivity contribution in [3.8, 4) is 0 Å². The zero-order valence-corrected chi connectivity index (χ0v) is 11.4. The van der Waals surface area contributed by atoms with Crippen molar-refractivity contribution >= 4 is 17.2 Å². The van der Waals surface area contributed by atoms with Crippen molar-refractivity contribution in [1.29, 1.82) is 0 Å². The number of hydrogen-bond acceptors (Lipinski definition) is 2. The largest absolute Gasteiger partial charge is 0.322 e. The predicted molar refractivity (Wildman–Crippen MR) is 79.1 cm³/mol. The smallest absolute Gasteiger partial charge is 0.259 e. The molecule has 0 radical (unpaired) electrons. The summed E-state index contributed by atoms with van der Waals surface area (Å²) in [5.74, 6) is -0.142. The summed E-state index contributed by atoms with van der Waals surface area (Å²) in [6.45, 7) is 3.93. The molecule has 0 unspecified atom stereocenters. The molecule has 3 aromatic rings. The van der Waals surface area contributed by atoms with Gasteiger partial charge in [-0.15, -0.1) is 0 Å². The van der Waals surface area contributed by atoms with Crippen LogP contribution in [0.3, 0.4) is 0 Å². The van der Waals surface area contributed by atoms with Gasteiger partial charge in [-0.25, -0.2) is 4.98 Å². The van der Waals surface area contributed by atoms with E-state index in [2.05, 4.69) is 10.3 Å². The van der Waals surface area contributed by atoms with Gasteiger partial charge in [0.15, 0.2) is 0 Å². The molecule has 2 aromatic heterocycles. The second kappa shape index (κ2) is 4.81. The second-order valence-electron chi connectivity index (χ2n) is 4.78. The van der Waals surface area contributed by atoms with E-state index in [-0.39, 0.29) is 5.91 Å². The van der Waals surface area contributed by atoms with Gasteiger partial charge in [-0.3, -0.25) is 4.79 Å². The molecule has 20 heavy (non-hydrogen) atoms. The highest BCUT2D eigenvalue weighted by Gasteiger charge is 2.14. The standard InChI is InChI=1S/C16H15N3O/c1-11-10-12(2)19-9-8-14(15(19)17-11)16(20)18-13-6-4-3-5-7-13/h3-10H,1-2H3,(H,18,20). The van der Waals surface area contributed by atoms with Crippen LogP contribution in [0.4, 0.5) is 5.69 Å². The van der Waals surface area contributed by atoms with Gasteiger partial charge >= 0.3 is 0 Å². The van der Waals surface area contributed by atoms with Crippen molar-refractivity contribution in [2.45, 2.75) is 13.8 Å². The van der Waals surface area contributed by atoms with Crippen molar-refractivity contribution in [1.82, 2.24) is 9.38 Å². The number of anilines is 1. The van der Waals surface area contributed by atoms with Gasteiger partial charge in [0.1, 0.15) is 5.65 Å². The Kier molecular flexibility index (Phi) is 2.99.